The lowest BCUT2D eigenvalue weighted by Crippen LogP contribution is -2.42. The van der Waals surface area contributed by atoms with Gasteiger partial charge in [0.25, 0.3) is 0 Å². The summed E-state index contributed by atoms with van der Waals surface area (Å²) < 4.78 is 26.6. The predicted octanol–water partition coefficient (Wildman–Crippen LogP) is 4.14. The number of hydrogen-bond donors (Lipinski definition) is 2. The zero-order chi connectivity index (χ0) is 19.7. The maximum Gasteiger partial charge on any atom is 0.179 e. The highest BCUT2D eigenvalue weighted by Crippen LogP contribution is 2.48. The monoisotopic (exact) mass is 387 g/mol. The highest BCUT2D eigenvalue weighted by Gasteiger charge is 2.48. The molecule has 146 valence electrons. The number of anilines is 1. The van der Waals surface area contributed by atoms with E-state index in [-0.39, 0.29) is 5.75 Å². The van der Waals surface area contributed by atoms with Gasteiger partial charge in [-0.15, -0.1) is 0 Å². The largest absolute Gasteiger partial charge is 0.399 e. The summed E-state index contributed by atoms with van der Waals surface area (Å²) in [4.78, 5) is 0.302. The molecule has 1 aliphatic rings. The van der Waals surface area contributed by atoms with Crippen molar-refractivity contribution < 1.29 is 13.5 Å². The van der Waals surface area contributed by atoms with Crippen molar-refractivity contribution in [1.29, 1.82) is 0 Å². The Morgan fingerprint density at radius 3 is 2.48 bits per heavy atom. The van der Waals surface area contributed by atoms with Gasteiger partial charge in [0.05, 0.1) is 16.8 Å². The van der Waals surface area contributed by atoms with Crippen molar-refractivity contribution in [1.82, 2.24) is 0 Å². The smallest absolute Gasteiger partial charge is 0.179 e. The first-order chi connectivity index (χ1) is 12.8. The molecule has 1 aliphatic heterocycles. The number of unbranched alkanes of at least 4 members (excludes halogenated alkanes) is 1. The molecule has 0 radical (unpaired) electrons. The van der Waals surface area contributed by atoms with E-state index in [1.165, 1.54) is 0 Å². The first-order valence-corrected chi connectivity index (χ1v) is 11.3. The highest BCUT2D eigenvalue weighted by atomic mass is 32.2. The third-order valence-corrected chi connectivity index (χ3v) is 8.01. The molecule has 0 spiro atoms. The van der Waals surface area contributed by atoms with Crippen molar-refractivity contribution in [2.24, 2.45) is 5.41 Å². The van der Waals surface area contributed by atoms with Crippen LogP contribution in [0.25, 0.3) is 0 Å². The van der Waals surface area contributed by atoms with Crippen LogP contribution in [0, 0.1) is 5.41 Å². The van der Waals surface area contributed by atoms with Crippen LogP contribution in [0.4, 0.5) is 5.69 Å². The third kappa shape index (κ3) is 3.63. The summed E-state index contributed by atoms with van der Waals surface area (Å²) in [6.07, 6.45) is 2.35. The fourth-order valence-electron chi connectivity index (χ4n) is 4.42. The normalized spacial score (nSPS) is 26.9. The maximum absolute atomic E-state index is 13.3. The minimum Gasteiger partial charge on any atom is -0.399 e. The van der Waals surface area contributed by atoms with Crippen LogP contribution in [-0.2, 0) is 9.84 Å². The second kappa shape index (κ2) is 7.64. The molecular weight excluding hydrogens is 358 g/mol. The van der Waals surface area contributed by atoms with E-state index < -0.39 is 27.3 Å². The Balaban J connectivity index is 2.28. The van der Waals surface area contributed by atoms with E-state index in [4.69, 9.17) is 5.73 Å². The van der Waals surface area contributed by atoms with Crippen molar-refractivity contribution in [2.75, 3.05) is 11.5 Å². The van der Waals surface area contributed by atoms with Crippen LogP contribution < -0.4 is 5.73 Å². The van der Waals surface area contributed by atoms with Gasteiger partial charge in [-0.1, -0.05) is 57.0 Å². The summed E-state index contributed by atoms with van der Waals surface area (Å²) in [6.45, 7) is 4.08. The number of aliphatic hydroxyl groups is 1. The molecule has 0 aliphatic carbocycles. The zero-order valence-electron chi connectivity index (χ0n) is 16.1. The highest BCUT2D eigenvalue weighted by molar-refractivity contribution is 7.91. The molecule has 3 unspecified atom stereocenters. The molecule has 5 heteroatoms. The number of rotatable bonds is 5. The molecule has 0 saturated heterocycles. The average molecular weight is 388 g/mol. The summed E-state index contributed by atoms with van der Waals surface area (Å²) in [5.74, 6) is -0.448. The Morgan fingerprint density at radius 2 is 1.85 bits per heavy atom. The van der Waals surface area contributed by atoms with Crippen LogP contribution in [0.5, 0.6) is 0 Å². The summed E-state index contributed by atoms with van der Waals surface area (Å²) >= 11 is 0. The number of benzene rings is 2. The van der Waals surface area contributed by atoms with Crippen molar-refractivity contribution in [3.05, 3.63) is 59.7 Å². The Labute approximate surface area is 162 Å². The van der Waals surface area contributed by atoms with Gasteiger partial charge in [-0.2, -0.15) is 0 Å². The second-order valence-corrected chi connectivity index (χ2v) is 9.67. The summed E-state index contributed by atoms with van der Waals surface area (Å²) in [6, 6.07) is 14.6. The molecule has 0 bridgehead atoms. The summed E-state index contributed by atoms with van der Waals surface area (Å²) in [5, 5.41) is 11.6. The minimum absolute atomic E-state index is 0.0298. The zero-order valence-corrected chi connectivity index (χ0v) is 16.9. The predicted molar refractivity (Wildman–Crippen MR) is 109 cm³/mol. The second-order valence-electron chi connectivity index (χ2n) is 7.71. The Kier molecular flexibility index (Phi) is 5.63. The quantitative estimate of drug-likeness (QED) is 0.756. The van der Waals surface area contributed by atoms with E-state index in [2.05, 4.69) is 6.92 Å². The Bertz CT molecular complexity index is 895. The van der Waals surface area contributed by atoms with Gasteiger partial charge in [0.2, 0.25) is 0 Å². The molecule has 3 N–H and O–H groups in total. The van der Waals surface area contributed by atoms with Crippen molar-refractivity contribution in [3.8, 4) is 0 Å². The number of nitrogens with two attached hydrogens (primary N) is 1. The lowest BCUT2D eigenvalue weighted by atomic mass is 9.69. The number of fused-ring (bicyclic) bond motifs is 1. The number of aliphatic hydroxyl groups excluding tert-OH is 1. The van der Waals surface area contributed by atoms with E-state index in [0.29, 0.717) is 29.0 Å². The van der Waals surface area contributed by atoms with Crippen LogP contribution >= 0.6 is 0 Å². The van der Waals surface area contributed by atoms with Gasteiger partial charge in [-0.05, 0) is 42.2 Å². The fourth-order valence-corrected chi connectivity index (χ4v) is 6.67. The van der Waals surface area contributed by atoms with Gasteiger partial charge in [-0.3, -0.25) is 0 Å². The Morgan fingerprint density at radius 1 is 1.15 bits per heavy atom. The number of sulfone groups is 1. The molecule has 27 heavy (non-hydrogen) atoms. The maximum atomic E-state index is 13.3. The third-order valence-electron chi connectivity index (χ3n) is 6.02. The molecule has 3 rings (SSSR count). The molecular formula is C22H29NO3S. The molecule has 0 aromatic heterocycles. The van der Waals surface area contributed by atoms with Crippen molar-refractivity contribution in [2.45, 2.75) is 56.4 Å². The molecule has 0 amide bonds. The number of nitrogen functional groups attached to an aromatic ring is 1. The van der Waals surface area contributed by atoms with Crippen LogP contribution in [0.1, 0.15) is 56.6 Å². The lowest BCUT2D eigenvalue weighted by Gasteiger charge is -2.39. The molecule has 2 aromatic rings. The standard InChI is InChI=1S/C22H29NO3S/c1-3-5-13-22(4-2)15-27(25,26)19-12-11-17(23)14-18(19)20(21(22)24)16-9-7-6-8-10-16/h6-12,14,20-21,24H,3-5,13,15,23H2,1-2H3. The van der Waals surface area contributed by atoms with E-state index in [9.17, 15) is 13.5 Å². The van der Waals surface area contributed by atoms with Gasteiger partial charge in [0, 0.05) is 17.0 Å². The summed E-state index contributed by atoms with van der Waals surface area (Å²) in [5.41, 5.74) is 7.37. The van der Waals surface area contributed by atoms with Gasteiger partial charge >= 0.3 is 0 Å². The lowest BCUT2D eigenvalue weighted by molar-refractivity contribution is 0.0174. The van der Waals surface area contributed by atoms with Crippen LogP contribution in [-0.4, -0.2) is 25.4 Å². The molecule has 1 heterocycles. The van der Waals surface area contributed by atoms with Crippen molar-refractivity contribution >= 4 is 15.5 Å². The first-order valence-electron chi connectivity index (χ1n) is 9.70. The van der Waals surface area contributed by atoms with Crippen LogP contribution in [0.15, 0.2) is 53.4 Å². The van der Waals surface area contributed by atoms with E-state index in [0.717, 1.165) is 18.4 Å². The number of hydrogen-bond acceptors (Lipinski definition) is 4. The molecule has 0 fully saturated rings. The van der Waals surface area contributed by atoms with Gasteiger partial charge in [-0.25, -0.2) is 8.42 Å². The van der Waals surface area contributed by atoms with Crippen LogP contribution in [0.3, 0.4) is 0 Å². The van der Waals surface area contributed by atoms with E-state index in [1.807, 2.05) is 37.3 Å². The first kappa shape index (κ1) is 19.9. The molecule has 3 atom stereocenters. The van der Waals surface area contributed by atoms with Crippen LogP contribution in [0.2, 0.25) is 0 Å². The van der Waals surface area contributed by atoms with Gasteiger partial charge in [0.15, 0.2) is 9.84 Å². The SMILES string of the molecule is CCCCC1(CC)CS(=O)(=O)c2ccc(N)cc2C(c2ccccc2)C1O. The minimum atomic E-state index is -3.53. The van der Waals surface area contributed by atoms with Gasteiger partial charge < -0.3 is 10.8 Å². The average Bonchev–Trinajstić information content (AvgIpc) is 2.72. The molecule has 4 nitrogen and oxygen atoms in total. The topological polar surface area (TPSA) is 80.4 Å². The summed E-state index contributed by atoms with van der Waals surface area (Å²) in [7, 11) is -3.53. The van der Waals surface area contributed by atoms with Crippen molar-refractivity contribution in [3.63, 3.8) is 0 Å². The molecule has 0 saturated carbocycles. The van der Waals surface area contributed by atoms with E-state index >= 15 is 0 Å². The molecule has 2 aromatic carbocycles. The van der Waals surface area contributed by atoms with E-state index in [1.54, 1.807) is 18.2 Å². The Hall–Kier alpha value is -1.85. The fraction of sp³-hybridized carbons (Fsp3) is 0.455. The van der Waals surface area contributed by atoms with Gasteiger partial charge in [0.1, 0.15) is 0 Å².